The molecule has 7 heteroatoms. The molecule has 2 aliphatic rings. The lowest BCUT2D eigenvalue weighted by molar-refractivity contribution is -0.128. The maximum atomic E-state index is 13.6. The molecule has 33 heavy (non-hydrogen) atoms. The maximum absolute atomic E-state index is 13.6. The molecule has 1 aromatic rings. The van der Waals surface area contributed by atoms with Gasteiger partial charge in [-0.1, -0.05) is 31.1 Å². The van der Waals surface area contributed by atoms with Crippen molar-refractivity contribution in [2.45, 2.75) is 84.7 Å². The summed E-state index contributed by atoms with van der Waals surface area (Å²) < 4.78 is 0. The molecule has 6 nitrogen and oxygen atoms in total. The zero-order valence-corrected chi connectivity index (χ0v) is 20.7. The average molecular weight is 474 g/mol. The number of carbonyl (C=O) groups is 3. The molecule has 2 N–H and O–H groups in total. The molecular weight excluding hydrogens is 438 g/mol. The number of carboxylic acids is 1. The summed E-state index contributed by atoms with van der Waals surface area (Å²) in [4.78, 5) is 40.9. The molecule has 1 heterocycles. The summed E-state index contributed by atoms with van der Waals surface area (Å²) in [6, 6.07) is 1.66. The Hall–Kier alpha value is -2.17. The van der Waals surface area contributed by atoms with Gasteiger partial charge in [-0.2, -0.15) is 0 Å². The fourth-order valence-electron chi connectivity index (χ4n) is 4.58. The van der Waals surface area contributed by atoms with Crippen LogP contribution in [0.3, 0.4) is 0 Å². The number of amides is 1. The van der Waals surface area contributed by atoms with Crippen molar-refractivity contribution in [2.75, 3.05) is 11.4 Å². The Morgan fingerprint density at radius 3 is 2.24 bits per heavy atom. The van der Waals surface area contributed by atoms with Crippen LogP contribution in [0.5, 0.6) is 0 Å². The minimum Gasteiger partial charge on any atom is -0.477 e. The maximum Gasteiger partial charge on any atom is 0.348 e. The molecule has 0 unspecified atom stereocenters. The van der Waals surface area contributed by atoms with Gasteiger partial charge in [0.2, 0.25) is 5.91 Å². The van der Waals surface area contributed by atoms with Crippen LogP contribution in [-0.2, 0) is 9.59 Å². The van der Waals surface area contributed by atoms with Gasteiger partial charge in [0.1, 0.15) is 4.88 Å². The first kappa shape index (κ1) is 25.5. The Balaban J connectivity index is 1.94. The molecule has 2 fully saturated rings. The number of Topliss-reactive ketones (excluding diaryl/α,β-unsaturated/α-hetero) is 1. The van der Waals surface area contributed by atoms with Crippen LogP contribution in [0.4, 0.5) is 5.69 Å². The van der Waals surface area contributed by atoms with Gasteiger partial charge in [-0.15, -0.1) is 11.3 Å². The van der Waals surface area contributed by atoms with E-state index in [0.29, 0.717) is 30.6 Å². The molecule has 1 amide bonds. The van der Waals surface area contributed by atoms with Crippen molar-refractivity contribution in [3.63, 3.8) is 0 Å². The van der Waals surface area contributed by atoms with Gasteiger partial charge < -0.3 is 15.1 Å². The fourth-order valence-corrected chi connectivity index (χ4v) is 5.43. The zero-order chi connectivity index (χ0) is 24.2. The van der Waals surface area contributed by atoms with Crippen LogP contribution < -0.4 is 4.90 Å². The third kappa shape index (κ3) is 6.91. The number of rotatable bonds is 6. The number of thiophene rings is 1. The second-order valence-electron chi connectivity index (χ2n) is 10.4. The second-order valence-corrected chi connectivity index (χ2v) is 11.4. The Morgan fingerprint density at radius 1 is 1.03 bits per heavy atom. The van der Waals surface area contributed by atoms with Gasteiger partial charge >= 0.3 is 5.97 Å². The predicted molar refractivity (Wildman–Crippen MR) is 130 cm³/mol. The van der Waals surface area contributed by atoms with Gasteiger partial charge in [0.15, 0.2) is 5.78 Å². The number of hydrogen-bond acceptors (Lipinski definition) is 5. The Bertz CT molecular complexity index is 934. The van der Waals surface area contributed by atoms with E-state index in [-0.39, 0.29) is 52.2 Å². The topological polar surface area (TPSA) is 94.9 Å². The number of nitrogens with zero attached hydrogens (tertiary/aromatic N) is 1. The van der Waals surface area contributed by atoms with E-state index < -0.39 is 5.97 Å². The SMILES string of the molecule is CC(C)(C)C#Cc1cc(N(CC(=O)C2CCC(O)CC2)C(=O)C2CCCCC2)c(C(=O)O)s1. The van der Waals surface area contributed by atoms with E-state index in [4.69, 9.17) is 0 Å². The van der Waals surface area contributed by atoms with Crippen LogP contribution in [0.15, 0.2) is 6.07 Å². The minimum atomic E-state index is -1.12. The molecule has 0 atom stereocenters. The van der Waals surface area contributed by atoms with Gasteiger partial charge in [-0.3, -0.25) is 9.59 Å². The van der Waals surface area contributed by atoms with Crippen molar-refractivity contribution in [2.24, 2.45) is 17.3 Å². The standard InChI is InChI=1S/C26H35NO5S/c1-26(2,3)14-13-20-15-21(23(33-20)25(31)32)27(24(30)18-7-5-4-6-8-18)16-22(29)17-9-11-19(28)12-10-17/h15,17-19,28H,4-12,16H2,1-3H3,(H,31,32). The second kappa shape index (κ2) is 10.8. The smallest absolute Gasteiger partial charge is 0.348 e. The van der Waals surface area contributed by atoms with Crippen molar-refractivity contribution in [3.05, 3.63) is 15.8 Å². The average Bonchev–Trinajstić information content (AvgIpc) is 3.20. The van der Waals surface area contributed by atoms with Crippen LogP contribution >= 0.6 is 11.3 Å². The number of aliphatic hydroxyl groups is 1. The lowest BCUT2D eigenvalue weighted by Gasteiger charge is -2.31. The van der Waals surface area contributed by atoms with Crippen LogP contribution in [-0.4, -0.2) is 40.5 Å². The van der Waals surface area contributed by atoms with E-state index >= 15 is 0 Å². The van der Waals surface area contributed by atoms with E-state index in [1.54, 1.807) is 6.07 Å². The third-order valence-corrected chi connectivity index (χ3v) is 7.47. The molecule has 0 aliphatic heterocycles. The van der Waals surface area contributed by atoms with E-state index in [2.05, 4.69) is 11.8 Å². The van der Waals surface area contributed by atoms with Crippen molar-refractivity contribution in [1.29, 1.82) is 0 Å². The summed E-state index contributed by atoms with van der Waals surface area (Å²) >= 11 is 1.05. The lowest BCUT2D eigenvalue weighted by atomic mass is 9.84. The van der Waals surface area contributed by atoms with Gasteiger partial charge in [-0.05, 0) is 65.4 Å². The normalized spacial score (nSPS) is 21.7. The highest BCUT2D eigenvalue weighted by Crippen LogP contribution is 2.35. The molecule has 0 aromatic carbocycles. The Labute approximate surface area is 200 Å². The lowest BCUT2D eigenvalue weighted by Crippen LogP contribution is -2.43. The van der Waals surface area contributed by atoms with E-state index in [1.165, 1.54) is 4.90 Å². The van der Waals surface area contributed by atoms with Crippen LogP contribution in [0.25, 0.3) is 0 Å². The number of ketones is 1. The molecule has 0 saturated heterocycles. The molecule has 3 rings (SSSR count). The Morgan fingerprint density at radius 2 is 1.67 bits per heavy atom. The number of hydrogen-bond donors (Lipinski definition) is 2. The number of aromatic carboxylic acids is 1. The number of carboxylic acid groups (broad SMARTS) is 1. The van der Waals surface area contributed by atoms with E-state index in [1.807, 2.05) is 20.8 Å². The highest BCUT2D eigenvalue weighted by molar-refractivity contribution is 7.15. The van der Waals surface area contributed by atoms with Crippen LogP contribution in [0.1, 0.15) is 93.1 Å². The minimum absolute atomic E-state index is 0.0456. The summed E-state index contributed by atoms with van der Waals surface area (Å²) in [5, 5.41) is 19.7. The summed E-state index contributed by atoms with van der Waals surface area (Å²) in [6.45, 7) is 5.81. The summed E-state index contributed by atoms with van der Waals surface area (Å²) in [6.07, 6.45) is 6.56. The molecule has 0 bridgehead atoms. The van der Waals surface area contributed by atoms with Gasteiger partial charge in [0.25, 0.3) is 0 Å². The number of carbonyl (C=O) groups excluding carboxylic acids is 2. The molecule has 0 spiro atoms. The predicted octanol–water partition coefficient (Wildman–Crippen LogP) is 4.88. The summed E-state index contributed by atoms with van der Waals surface area (Å²) in [5.41, 5.74) is 0.0395. The van der Waals surface area contributed by atoms with Crippen molar-refractivity contribution in [1.82, 2.24) is 0 Å². The monoisotopic (exact) mass is 473 g/mol. The molecule has 0 radical (unpaired) electrons. The third-order valence-electron chi connectivity index (χ3n) is 6.44. The van der Waals surface area contributed by atoms with E-state index in [9.17, 15) is 24.6 Å². The van der Waals surface area contributed by atoms with Crippen molar-refractivity contribution in [3.8, 4) is 11.8 Å². The van der Waals surface area contributed by atoms with Gasteiger partial charge in [0.05, 0.1) is 23.2 Å². The van der Waals surface area contributed by atoms with Gasteiger partial charge in [-0.25, -0.2) is 4.79 Å². The van der Waals surface area contributed by atoms with E-state index in [0.717, 1.165) is 43.4 Å². The molecular formula is C26H35NO5S. The van der Waals surface area contributed by atoms with Crippen molar-refractivity contribution < 1.29 is 24.6 Å². The van der Waals surface area contributed by atoms with Crippen molar-refractivity contribution >= 4 is 34.7 Å². The first-order valence-corrected chi connectivity index (χ1v) is 12.8. The molecule has 2 saturated carbocycles. The quantitative estimate of drug-likeness (QED) is 0.575. The molecule has 180 valence electrons. The largest absolute Gasteiger partial charge is 0.477 e. The highest BCUT2D eigenvalue weighted by atomic mass is 32.1. The zero-order valence-electron chi connectivity index (χ0n) is 19.9. The number of anilines is 1. The first-order valence-electron chi connectivity index (χ1n) is 12.0. The first-order chi connectivity index (χ1) is 15.5. The molecule has 2 aliphatic carbocycles. The Kier molecular flexibility index (Phi) is 8.36. The summed E-state index contributed by atoms with van der Waals surface area (Å²) in [5.74, 6) is 4.44. The summed E-state index contributed by atoms with van der Waals surface area (Å²) in [7, 11) is 0. The van der Waals surface area contributed by atoms with Crippen LogP contribution in [0, 0.1) is 29.1 Å². The number of aliphatic hydroxyl groups excluding tert-OH is 1. The fraction of sp³-hybridized carbons (Fsp3) is 0.654. The van der Waals surface area contributed by atoms with Gasteiger partial charge in [0, 0.05) is 17.3 Å². The molecule has 1 aromatic heterocycles. The van der Waals surface area contributed by atoms with Crippen LogP contribution in [0.2, 0.25) is 0 Å². The highest BCUT2D eigenvalue weighted by Gasteiger charge is 2.34.